The van der Waals surface area contributed by atoms with Crippen LogP contribution in [0.5, 0.6) is 0 Å². The Hall–Kier alpha value is -1.51. The first-order valence-electron chi connectivity index (χ1n) is 5.01. The molecule has 15 heavy (non-hydrogen) atoms. The normalized spacial score (nSPS) is 8.87. The highest BCUT2D eigenvalue weighted by Gasteiger charge is 2.08. The highest BCUT2D eigenvalue weighted by Crippen LogP contribution is 2.18. The maximum absolute atomic E-state index is 11.2. The molecule has 84 valence electrons. The molecule has 0 saturated carbocycles. The molecule has 0 heterocycles. The van der Waals surface area contributed by atoms with Gasteiger partial charge in [0.2, 0.25) is 0 Å². The van der Waals surface area contributed by atoms with Crippen molar-refractivity contribution in [1.29, 1.82) is 0 Å². The van der Waals surface area contributed by atoms with Gasteiger partial charge in [-0.25, -0.2) is 4.79 Å². The number of carbonyl (C=O) groups excluding carboxylic acids is 1. The number of rotatable bonds is 1. The second-order valence-corrected chi connectivity index (χ2v) is 3.02. The summed E-state index contributed by atoms with van der Waals surface area (Å²) in [6, 6.07) is 3.46. The van der Waals surface area contributed by atoms with Crippen molar-refractivity contribution in [2.24, 2.45) is 0 Å². The number of anilines is 1. The second-order valence-electron chi connectivity index (χ2n) is 3.02. The summed E-state index contributed by atoms with van der Waals surface area (Å²) in [6.45, 7) is 7.74. The standard InChI is InChI=1S/C10H13NO2.C2H6/c1-6-4-8(10(12)13-3)5-7(2)9(6)11;1-2/h4-5H,11H2,1-3H3;1-2H3. The van der Waals surface area contributed by atoms with Gasteiger partial charge in [0, 0.05) is 5.69 Å². The predicted molar refractivity (Wildman–Crippen MR) is 63.0 cm³/mol. The van der Waals surface area contributed by atoms with Gasteiger partial charge in [0.15, 0.2) is 0 Å². The molecule has 0 bridgehead atoms. The van der Waals surface area contributed by atoms with Gasteiger partial charge in [-0.3, -0.25) is 0 Å². The van der Waals surface area contributed by atoms with E-state index >= 15 is 0 Å². The van der Waals surface area contributed by atoms with Gasteiger partial charge in [-0.2, -0.15) is 0 Å². The number of benzene rings is 1. The monoisotopic (exact) mass is 209 g/mol. The largest absolute Gasteiger partial charge is 0.465 e. The third-order valence-corrected chi connectivity index (χ3v) is 2.01. The average Bonchev–Trinajstić information content (AvgIpc) is 2.26. The molecule has 3 heteroatoms. The fourth-order valence-corrected chi connectivity index (χ4v) is 1.21. The SMILES string of the molecule is CC.COC(=O)c1cc(C)c(N)c(C)c1. The van der Waals surface area contributed by atoms with Crippen molar-refractivity contribution in [3.05, 3.63) is 28.8 Å². The van der Waals surface area contributed by atoms with Gasteiger partial charge in [-0.15, -0.1) is 0 Å². The van der Waals surface area contributed by atoms with Crippen LogP contribution in [0.2, 0.25) is 0 Å². The number of methoxy groups -OCH3 is 1. The molecule has 0 amide bonds. The van der Waals surface area contributed by atoms with Crippen LogP contribution >= 0.6 is 0 Å². The summed E-state index contributed by atoms with van der Waals surface area (Å²) in [5.41, 5.74) is 8.82. The zero-order valence-electron chi connectivity index (χ0n) is 10.0. The van der Waals surface area contributed by atoms with E-state index in [1.165, 1.54) is 7.11 Å². The summed E-state index contributed by atoms with van der Waals surface area (Å²) < 4.78 is 4.61. The number of esters is 1. The minimum Gasteiger partial charge on any atom is -0.465 e. The van der Waals surface area contributed by atoms with Crippen molar-refractivity contribution in [2.45, 2.75) is 27.7 Å². The lowest BCUT2D eigenvalue weighted by molar-refractivity contribution is 0.0600. The molecule has 1 rings (SSSR count). The second kappa shape index (κ2) is 6.06. The molecule has 0 fully saturated rings. The van der Waals surface area contributed by atoms with Crippen LogP contribution < -0.4 is 5.73 Å². The molecule has 0 radical (unpaired) electrons. The molecule has 3 nitrogen and oxygen atoms in total. The van der Waals surface area contributed by atoms with Crippen molar-refractivity contribution in [3.8, 4) is 0 Å². The number of hydrogen-bond acceptors (Lipinski definition) is 3. The number of ether oxygens (including phenoxy) is 1. The van der Waals surface area contributed by atoms with Crippen LogP contribution in [0, 0.1) is 13.8 Å². The van der Waals surface area contributed by atoms with Gasteiger partial charge >= 0.3 is 5.97 Å². The highest BCUT2D eigenvalue weighted by molar-refractivity contribution is 5.90. The topological polar surface area (TPSA) is 52.3 Å². The van der Waals surface area contributed by atoms with Crippen LogP contribution in [0.1, 0.15) is 35.3 Å². The van der Waals surface area contributed by atoms with Crippen LogP contribution in [-0.2, 0) is 4.74 Å². The lowest BCUT2D eigenvalue weighted by atomic mass is 10.1. The molecule has 0 saturated heterocycles. The lowest BCUT2D eigenvalue weighted by Gasteiger charge is -2.06. The Morgan fingerprint density at radius 2 is 1.60 bits per heavy atom. The van der Waals surface area contributed by atoms with Gasteiger partial charge in [-0.05, 0) is 37.1 Å². The van der Waals surface area contributed by atoms with Gasteiger partial charge < -0.3 is 10.5 Å². The fourth-order valence-electron chi connectivity index (χ4n) is 1.21. The minimum absolute atomic E-state index is 0.328. The quantitative estimate of drug-likeness (QED) is 0.571. The lowest BCUT2D eigenvalue weighted by Crippen LogP contribution is -2.04. The zero-order valence-corrected chi connectivity index (χ0v) is 10.0. The van der Waals surface area contributed by atoms with Crippen LogP contribution in [-0.4, -0.2) is 13.1 Å². The Labute approximate surface area is 91.2 Å². The molecule has 0 aliphatic rings. The molecule has 0 aromatic heterocycles. The Balaban J connectivity index is 0.000000921. The molecule has 0 aliphatic heterocycles. The number of nitrogens with two attached hydrogens (primary N) is 1. The van der Waals surface area contributed by atoms with Crippen LogP contribution in [0.15, 0.2) is 12.1 Å². The smallest absolute Gasteiger partial charge is 0.337 e. The Bertz CT molecular complexity index is 322. The summed E-state index contributed by atoms with van der Waals surface area (Å²) in [5, 5.41) is 0. The minimum atomic E-state index is -0.328. The fraction of sp³-hybridized carbons (Fsp3) is 0.417. The van der Waals surface area contributed by atoms with E-state index in [-0.39, 0.29) is 5.97 Å². The molecule has 0 spiro atoms. The first-order valence-corrected chi connectivity index (χ1v) is 5.01. The molecular weight excluding hydrogens is 190 g/mol. The maximum Gasteiger partial charge on any atom is 0.337 e. The summed E-state index contributed by atoms with van der Waals surface area (Å²) in [4.78, 5) is 11.2. The molecular formula is C12H19NO2. The Kier molecular flexibility index (Phi) is 5.45. The summed E-state index contributed by atoms with van der Waals surface area (Å²) in [7, 11) is 1.36. The van der Waals surface area contributed by atoms with Gasteiger partial charge in [0.05, 0.1) is 12.7 Å². The first kappa shape index (κ1) is 13.5. The van der Waals surface area contributed by atoms with Crippen molar-refractivity contribution < 1.29 is 9.53 Å². The summed E-state index contributed by atoms with van der Waals surface area (Å²) >= 11 is 0. The van der Waals surface area contributed by atoms with E-state index in [4.69, 9.17) is 5.73 Å². The first-order chi connectivity index (χ1) is 7.06. The number of carbonyl (C=O) groups is 1. The maximum atomic E-state index is 11.2. The number of nitrogen functional groups attached to an aromatic ring is 1. The molecule has 1 aromatic rings. The van der Waals surface area contributed by atoms with Gasteiger partial charge in [0.1, 0.15) is 0 Å². The summed E-state index contributed by atoms with van der Waals surface area (Å²) in [6.07, 6.45) is 0. The zero-order chi connectivity index (χ0) is 12.0. The Morgan fingerprint density at radius 1 is 1.20 bits per heavy atom. The van der Waals surface area contributed by atoms with E-state index < -0.39 is 0 Å². The van der Waals surface area contributed by atoms with Gasteiger partial charge in [0.25, 0.3) is 0 Å². The van der Waals surface area contributed by atoms with Crippen LogP contribution in [0.25, 0.3) is 0 Å². The molecule has 1 aromatic carbocycles. The molecule has 0 atom stereocenters. The van der Waals surface area contributed by atoms with E-state index in [1.807, 2.05) is 27.7 Å². The number of aryl methyl sites for hydroxylation is 2. The number of hydrogen-bond donors (Lipinski definition) is 1. The van der Waals surface area contributed by atoms with Crippen LogP contribution in [0.3, 0.4) is 0 Å². The molecule has 2 N–H and O–H groups in total. The third kappa shape index (κ3) is 3.27. The van der Waals surface area contributed by atoms with E-state index in [9.17, 15) is 4.79 Å². The molecule has 0 unspecified atom stereocenters. The van der Waals surface area contributed by atoms with Crippen LogP contribution in [0.4, 0.5) is 5.69 Å². The van der Waals surface area contributed by atoms with Crippen molar-refractivity contribution in [1.82, 2.24) is 0 Å². The van der Waals surface area contributed by atoms with E-state index in [0.29, 0.717) is 5.56 Å². The van der Waals surface area contributed by atoms with E-state index in [0.717, 1.165) is 16.8 Å². The Morgan fingerprint density at radius 3 is 1.93 bits per heavy atom. The van der Waals surface area contributed by atoms with Crippen molar-refractivity contribution in [3.63, 3.8) is 0 Å². The van der Waals surface area contributed by atoms with E-state index in [1.54, 1.807) is 12.1 Å². The van der Waals surface area contributed by atoms with Gasteiger partial charge in [-0.1, -0.05) is 13.8 Å². The predicted octanol–water partition coefficient (Wildman–Crippen LogP) is 2.70. The van der Waals surface area contributed by atoms with E-state index in [2.05, 4.69) is 4.74 Å². The molecule has 0 aliphatic carbocycles. The van der Waals surface area contributed by atoms with Crippen molar-refractivity contribution in [2.75, 3.05) is 12.8 Å². The van der Waals surface area contributed by atoms with Crippen molar-refractivity contribution >= 4 is 11.7 Å². The third-order valence-electron chi connectivity index (χ3n) is 2.01. The summed E-state index contributed by atoms with van der Waals surface area (Å²) in [5.74, 6) is -0.328. The highest BCUT2D eigenvalue weighted by atomic mass is 16.5. The average molecular weight is 209 g/mol.